The molecule has 0 unspecified atom stereocenters. The predicted octanol–water partition coefficient (Wildman–Crippen LogP) is 3.05. The van der Waals surface area contributed by atoms with Gasteiger partial charge in [0.25, 0.3) is 0 Å². The van der Waals surface area contributed by atoms with E-state index < -0.39 is 0 Å². The molecule has 2 aromatic heterocycles. The van der Waals surface area contributed by atoms with Crippen LogP contribution >= 0.6 is 11.6 Å². The van der Waals surface area contributed by atoms with E-state index in [9.17, 15) is 0 Å². The molecule has 0 N–H and O–H groups in total. The fourth-order valence-electron chi connectivity index (χ4n) is 1.58. The number of rotatable bonds is 3. The summed E-state index contributed by atoms with van der Waals surface area (Å²) in [5, 5.41) is 13.3. The van der Waals surface area contributed by atoms with Crippen molar-refractivity contribution in [2.24, 2.45) is 0 Å². The topological polar surface area (TPSA) is 54.5 Å². The third kappa shape index (κ3) is 2.58. The molecule has 2 heterocycles. The van der Waals surface area contributed by atoms with Gasteiger partial charge in [-0.25, -0.2) is 4.98 Å². The van der Waals surface area contributed by atoms with Gasteiger partial charge in [0, 0.05) is 17.3 Å². The molecule has 0 atom stereocenters. The summed E-state index contributed by atoms with van der Waals surface area (Å²) >= 11 is 6.04. The first kappa shape index (κ1) is 12.3. The maximum Gasteiger partial charge on any atom is 0.142 e. The maximum absolute atomic E-state index is 8.73. The van der Waals surface area contributed by atoms with Gasteiger partial charge in [0.1, 0.15) is 16.9 Å². The van der Waals surface area contributed by atoms with Gasteiger partial charge < -0.3 is 0 Å². The highest BCUT2D eigenvalue weighted by Crippen LogP contribution is 2.26. The molecule has 0 fully saturated rings. The van der Waals surface area contributed by atoms with Crippen LogP contribution in [0.25, 0.3) is 11.1 Å². The van der Waals surface area contributed by atoms with E-state index in [2.05, 4.69) is 16.7 Å². The van der Waals surface area contributed by atoms with Gasteiger partial charge in [0.05, 0.1) is 12.7 Å². The van der Waals surface area contributed by atoms with Crippen LogP contribution in [0.1, 0.15) is 12.6 Å². The maximum atomic E-state index is 8.73. The Kier molecular flexibility index (Phi) is 3.45. The third-order valence-corrected chi connectivity index (χ3v) is 2.63. The van der Waals surface area contributed by atoms with Crippen molar-refractivity contribution in [2.45, 2.75) is 13.5 Å². The Morgan fingerprint density at radius 2 is 2.33 bits per heavy atom. The number of pyridine rings is 1. The first-order valence-corrected chi connectivity index (χ1v) is 5.72. The van der Waals surface area contributed by atoms with Crippen molar-refractivity contribution < 1.29 is 0 Å². The summed E-state index contributed by atoms with van der Waals surface area (Å²) in [6, 6.07) is 5.36. The zero-order valence-electron chi connectivity index (χ0n) is 9.89. The lowest BCUT2D eigenvalue weighted by Gasteiger charge is -2.01. The van der Waals surface area contributed by atoms with E-state index in [1.165, 1.54) is 0 Å². The number of aromatic nitrogens is 3. The normalized spacial score (nSPS) is 10.1. The molecular weight excluding hydrogens is 248 g/mol. The molecule has 0 aliphatic carbocycles. The first-order chi connectivity index (χ1) is 8.60. The van der Waals surface area contributed by atoms with E-state index >= 15 is 0 Å². The number of nitriles is 1. The molecule has 0 aliphatic rings. The first-order valence-electron chi connectivity index (χ1n) is 5.34. The number of nitrogens with zero attached hydrogens (tertiary/aromatic N) is 4. The van der Waals surface area contributed by atoms with Crippen molar-refractivity contribution in [3.8, 4) is 17.2 Å². The highest BCUT2D eigenvalue weighted by atomic mass is 35.5. The van der Waals surface area contributed by atoms with Gasteiger partial charge in [0.2, 0.25) is 0 Å². The Labute approximate surface area is 110 Å². The Hall–Kier alpha value is -2.12. The van der Waals surface area contributed by atoms with Crippen LogP contribution in [0.4, 0.5) is 0 Å². The average molecular weight is 259 g/mol. The second-order valence-electron chi connectivity index (χ2n) is 4.03. The van der Waals surface area contributed by atoms with Crippen molar-refractivity contribution in [2.75, 3.05) is 0 Å². The smallest absolute Gasteiger partial charge is 0.142 e. The molecule has 0 saturated carbocycles. The molecule has 0 amide bonds. The van der Waals surface area contributed by atoms with Crippen LogP contribution in [-0.2, 0) is 6.54 Å². The fraction of sp³-hybridized carbons (Fsp3) is 0.154. The molecule has 5 heteroatoms. The van der Waals surface area contributed by atoms with E-state index in [0.717, 1.165) is 16.7 Å². The minimum Gasteiger partial charge on any atom is -0.268 e. The highest BCUT2D eigenvalue weighted by Gasteiger charge is 2.08. The van der Waals surface area contributed by atoms with Gasteiger partial charge in [-0.3, -0.25) is 4.68 Å². The summed E-state index contributed by atoms with van der Waals surface area (Å²) in [5.41, 5.74) is 2.97. The fourth-order valence-corrected chi connectivity index (χ4v) is 1.84. The lowest BCUT2D eigenvalue weighted by Crippen LogP contribution is -1.97. The number of hydrogen-bond donors (Lipinski definition) is 0. The third-order valence-electron chi connectivity index (χ3n) is 2.34. The molecule has 4 nitrogen and oxygen atoms in total. The van der Waals surface area contributed by atoms with Gasteiger partial charge in [-0.15, -0.1) is 0 Å². The van der Waals surface area contributed by atoms with Crippen LogP contribution in [-0.4, -0.2) is 14.8 Å². The Bertz CT molecular complexity index is 637. The van der Waals surface area contributed by atoms with Gasteiger partial charge in [-0.2, -0.15) is 10.4 Å². The molecule has 2 aromatic rings. The zero-order chi connectivity index (χ0) is 13.1. The zero-order valence-corrected chi connectivity index (χ0v) is 10.6. The number of hydrogen-bond acceptors (Lipinski definition) is 3. The largest absolute Gasteiger partial charge is 0.268 e. The van der Waals surface area contributed by atoms with Crippen LogP contribution < -0.4 is 0 Å². The molecular formula is C13H11ClN4. The summed E-state index contributed by atoms with van der Waals surface area (Å²) in [7, 11) is 0. The molecule has 0 spiro atoms. The van der Waals surface area contributed by atoms with Crippen LogP contribution in [0.5, 0.6) is 0 Å². The lowest BCUT2D eigenvalue weighted by molar-refractivity contribution is 0.679. The minimum absolute atomic E-state index is 0.304. The quantitative estimate of drug-likeness (QED) is 0.628. The molecule has 90 valence electrons. The van der Waals surface area contributed by atoms with Crippen molar-refractivity contribution in [1.82, 2.24) is 14.8 Å². The summed E-state index contributed by atoms with van der Waals surface area (Å²) in [5.74, 6) is 0. The second kappa shape index (κ2) is 5.03. The summed E-state index contributed by atoms with van der Waals surface area (Å²) in [6.07, 6.45) is 3.60. The van der Waals surface area contributed by atoms with E-state index in [1.807, 2.05) is 19.2 Å². The molecule has 0 saturated heterocycles. The summed E-state index contributed by atoms with van der Waals surface area (Å²) in [6.45, 7) is 6.45. The monoisotopic (exact) mass is 258 g/mol. The van der Waals surface area contributed by atoms with Gasteiger partial charge in [-0.1, -0.05) is 23.8 Å². The minimum atomic E-state index is 0.304. The van der Waals surface area contributed by atoms with E-state index in [0.29, 0.717) is 17.4 Å². The van der Waals surface area contributed by atoms with Crippen molar-refractivity contribution in [1.29, 1.82) is 5.26 Å². The predicted molar refractivity (Wildman–Crippen MR) is 70.0 cm³/mol. The van der Waals surface area contributed by atoms with E-state index in [4.69, 9.17) is 16.9 Å². The summed E-state index contributed by atoms with van der Waals surface area (Å²) in [4.78, 5) is 3.99. The average Bonchev–Trinajstić information content (AvgIpc) is 2.76. The van der Waals surface area contributed by atoms with Crippen molar-refractivity contribution in [3.63, 3.8) is 0 Å². The van der Waals surface area contributed by atoms with Crippen LogP contribution in [0.15, 0.2) is 36.7 Å². The number of halogens is 1. The Balaban J connectivity index is 2.34. The lowest BCUT2D eigenvalue weighted by atomic mass is 10.1. The van der Waals surface area contributed by atoms with Crippen LogP contribution in [0.3, 0.4) is 0 Å². The Morgan fingerprint density at radius 1 is 1.56 bits per heavy atom. The van der Waals surface area contributed by atoms with Gasteiger partial charge in [-0.05, 0) is 19.1 Å². The Morgan fingerprint density at radius 3 is 2.94 bits per heavy atom. The van der Waals surface area contributed by atoms with Crippen molar-refractivity contribution in [3.05, 3.63) is 47.5 Å². The summed E-state index contributed by atoms with van der Waals surface area (Å²) < 4.78 is 1.78. The molecule has 18 heavy (non-hydrogen) atoms. The standard InChI is InChI=1S/C13H11ClN4/c1-9(2)7-18-8-10(6-16-18)12-4-3-11(5-15)17-13(12)14/h3-4,6,8H,1,7H2,2H3. The molecule has 0 bridgehead atoms. The molecule has 0 radical (unpaired) electrons. The van der Waals surface area contributed by atoms with Gasteiger partial charge >= 0.3 is 0 Å². The molecule has 2 rings (SSSR count). The van der Waals surface area contributed by atoms with Crippen LogP contribution in [0.2, 0.25) is 5.15 Å². The van der Waals surface area contributed by atoms with E-state index in [1.54, 1.807) is 23.0 Å². The number of allylic oxidation sites excluding steroid dienone is 1. The second-order valence-corrected chi connectivity index (χ2v) is 4.39. The molecule has 0 aliphatic heterocycles. The van der Waals surface area contributed by atoms with E-state index in [-0.39, 0.29) is 0 Å². The van der Waals surface area contributed by atoms with Crippen LogP contribution in [0, 0.1) is 11.3 Å². The highest BCUT2D eigenvalue weighted by molar-refractivity contribution is 6.32. The van der Waals surface area contributed by atoms with Crippen molar-refractivity contribution >= 4 is 11.6 Å². The van der Waals surface area contributed by atoms with Gasteiger partial charge in [0.15, 0.2) is 0 Å². The molecule has 0 aromatic carbocycles. The SMILES string of the molecule is C=C(C)Cn1cc(-c2ccc(C#N)nc2Cl)cn1.